The molecule has 0 saturated carbocycles. The number of rotatable bonds is 6. The van der Waals surface area contributed by atoms with Gasteiger partial charge in [0.2, 0.25) is 0 Å². The maximum absolute atomic E-state index is 6.10. The number of allylic oxidation sites excluding steroid dienone is 2. The summed E-state index contributed by atoms with van der Waals surface area (Å²) in [5, 5.41) is 9.32. The number of hydrogen-bond donors (Lipinski definition) is 4. The normalized spacial score (nSPS) is 18.5. The summed E-state index contributed by atoms with van der Waals surface area (Å²) in [6.07, 6.45) is 6.39. The number of pyridine rings is 2. The van der Waals surface area contributed by atoms with E-state index in [1.807, 2.05) is 24.4 Å². The Morgan fingerprint density at radius 3 is 2.85 bits per heavy atom. The van der Waals surface area contributed by atoms with Crippen LogP contribution in [-0.4, -0.2) is 28.3 Å². The molecule has 0 spiro atoms. The van der Waals surface area contributed by atoms with E-state index < -0.39 is 0 Å². The van der Waals surface area contributed by atoms with Crippen molar-refractivity contribution in [3.63, 3.8) is 0 Å². The molecule has 1 saturated heterocycles. The smallest absolute Gasteiger partial charge is 0.132 e. The number of hydrogen-bond acceptors (Lipinski definition) is 8. The molecule has 1 aliphatic rings. The van der Waals surface area contributed by atoms with Crippen LogP contribution >= 0.6 is 11.9 Å². The fourth-order valence-electron chi connectivity index (χ4n) is 3.08. The van der Waals surface area contributed by atoms with Crippen LogP contribution in [0, 0.1) is 5.92 Å². The maximum atomic E-state index is 6.10. The Kier molecular flexibility index (Phi) is 6.08. The lowest BCUT2D eigenvalue weighted by Crippen LogP contribution is -2.21. The second-order valence-electron chi connectivity index (χ2n) is 6.97. The molecule has 0 bridgehead atoms. The Hall–Kier alpha value is -2.45. The summed E-state index contributed by atoms with van der Waals surface area (Å²) < 4.78 is 0. The molecule has 3 rings (SSSR count). The number of anilines is 2. The summed E-state index contributed by atoms with van der Waals surface area (Å²) in [4.78, 5) is 11.5. The third-order valence-electron chi connectivity index (χ3n) is 4.68. The van der Waals surface area contributed by atoms with Gasteiger partial charge in [0.15, 0.2) is 0 Å². The first-order valence-corrected chi connectivity index (χ1v) is 9.97. The van der Waals surface area contributed by atoms with Crippen LogP contribution in [0.2, 0.25) is 0 Å². The standard InChI is InChI=1S/C19H27N7S/c1-12(2)13(9-20)7-18(21)25-19-4-3-16-17(24-19)8-14(10-23-16)26-6-5-15(11-26)27-22/h3-4,7-10,12,15H,5-6,11,20-22H2,1-2H3,(H,24,25)/b13-9+,18-7+. The minimum Gasteiger partial charge on any atom is -0.404 e. The Morgan fingerprint density at radius 2 is 2.19 bits per heavy atom. The SMILES string of the molecule is CC(C)C(=C/N)/C=C(\N)Nc1ccc2ncc(N3CCC(SN)C3)cc2n1. The van der Waals surface area contributed by atoms with Crippen molar-refractivity contribution >= 4 is 34.5 Å². The predicted octanol–water partition coefficient (Wildman–Crippen LogP) is 2.53. The van der Waals surface area contributed by atoms with Gasteiger partial charge in [-0.25, -0.2) is 4.98 Å². The fourth-order valence-corrected chi connectivity index (χ4v) is 3.59. The molecule has 1 atom stereocenters. The Balaban J connectivity index is 1.81. The molecule has 0 aliphatic carbocycles. The summed E-state index contributed by atoms with van der Waals surface area (Å²) >= 11 is 1.43. The van der Waals surface area contributed by atoms with E-state index in [0.717, 1.165) is 41.8 Å². The van der Waals surface area contributed by atoms with E-state index in [-0.39, 0.29) is 0 Å². The predicted molar refractivity (Wildman–Crippen MR) is 115 cm³/mol. The van der Waals surface area contributed by atoms with Gasteiger partial charge in [0.05, 0.1) is 22.9 Å². The van der Waals surface area contributed by atoms with Crippen molar-refractivity contribution in [3.8, 4) is 0 Å². The average molecular weight is 386 g/mol. The van der Waals surface area contributed by atoms with E-state index in [2.05, 4.69) is 40.1 Å². The summed E-state index contributed by atoms with van der Waals surface area (Å²) in [7, 11) is 0. The zero-order valence-corrected chi connectivity index (χ0v) is 16.5. The Labute approximate surface area is 164 Å². The van der Waals surface area contributed by atoms with Gasteiger partial charge in [-0.15, -0.1) is 0 Å². The van der Waals surface area contributed by atoms with E-state index in [1.165, 1.54) is 11.9 Å². The van der Waals surface area contributed by atoms with Crippen LogP contribution in [0.3, 0.4) is 0 Å². The zero-order valence-electron chi connectivity index (χ0n) is 15.7. The van der Waals surface area contributed by atoms with Crippen molar-refractivity contribution in [3.05, 3.63) is 48.1 Å². The third-order valence-corrected chi connectivity index (χ3v) is 5.45. The van der Waals surface area contributed by atoms with Crippen molar-refractivity contribution in [2.45, 2.75) is 25.5 Å². The molecule has 2 aromatic rings. The van der Waals surface area contributed by atoms with Gasteiger partial charge in [-0.3, -0.25) is 10.1 Å². The van der Waals surface area contributed by atoms with Crippen LogP contribution in [0.25, 0.3) is 11.0 Å². The van der Waals surface area contributed by atoms with E-state index in [4.69, 9.17) is 16.6 Å². The number of fused-ring (bicyclic) bond motifs is 1. The van der Waals surface area contributed by atoms with Gasteiger partial charge in [-0.2, -0.15) is 0 Å². The first kappa shape index (κ1) is 19.3. The third kappa shape index (κ3) is 4.64. The van der Waals surface area contributed by atoms with Gasteiger partial charge in [0, 0.05) is 18.3 Å². The molecule has 1 fully saturated rings. The highest BCUT2D eigenvalue weighted by Gasteiger charge is 2.22. The van der Waals surface area contributed by atoms with E-state index >= 15 is 0 Å². The van der Waals surface area contributed by atoms with Crippen LogP contribution < -0.4 is 26.8 Å². The van der Waals surface area contributed by atoms with E-state index in [9.17, 15) is 0 Å². The zero-order chi connectivity index (χ0) is 19.4. The molecule has 1 aliphatic heterocycles. The van der Waals surface area contributed by atoms with Crippen LogP contribution in [0.1, 0.15) is 20.3 Å². The first-order valence-electron chi connectivity index (χ1n) is 9.03. The monoisotopic (exact) mass is 385 g/mol. The van der Waals surface area contributed by atoms with Crippen LogP contribution in [0.5, 0.6) is 0 Å². The van der Waals surface area contributed by atoms with Gasteiger partial charge in [-0.1, -0.05) is 25.8 Å². The Bertz CT molecular complexity index is 862. The average Bonchev–Trinajstić information content (AvgIpc) is 3.14. The summed E-state index contributed by atoms with van der Waals surface area (Å²) in [6.45, 7) is 6.05. The molecular formula is C19H27N7S. The fraction of sp³-hybridized carbons (Fsp3) is 0.368. The minimum absolute atomic E-state index is 0.294. The molecule has 0 aromatic carbocycles. The molecule has 0 amide bonds. The maximum Gasteiger partial charge on any atom is 0.132 e. The second-order valence-corrected chi connectivity index (χ2v) is 7.91. The van der Waals surface area contributed by atoms with Crippen molar-refractivity contribution in [2.75, 3.05) is 23.3 Å². The molecule has 1 unspecified atom stereocenters. The summed E-state index contributed by atoms with van der Waals surface area (Å²) in [5.41, 5.74) is 15.5. The van der Waals surface area contributed by atoms with Gasteiger partial charge < -0.3 is 21.7 Å². The molecule has 27 heavy (non-hydrogen) atoms. The van der Waals surface area contributed by atoms with E-state index in [1.54, 1.807) is 6.20 Å². The van der Waals surface area contributed by atoms with Gasteiger partial charge in [-0.05, 0) is 48.4 Å². The van der Waals surface area contributed by atoms with Crippen molar-refractivity contribution in [1.29, 1.82) is 0 Å². The molecule has 7 nitrogen and oxygen atoms in total. The molecule has 8 heteroatoms. The Morgan fingerprint density at radius 1 is 1.37 bits per heavy atom. The van der Waals surface area contributed by atoms with Gasteiger partial charge in [0.1, 0.15) is 11.6 Å². The highest BCUT2D eigenvalue weighted by molar-refractivity contribution is 7.97. The topological polar surface area (TPSA) is 119 Å². The summed E-state index contributed by atoms with van der Waals surface area (Å²) in [6, 6.07) is 5.87. The van der Waals surface area contributed by atoms with E-state index in [0.29, 0.717) is 22.8 Å². The highest BCUT2D eigenvalue weighted by atomic mass is 32.2. The molecule has 0 radical (unpaired) electrons. The highest BCUT2D eigenvalue weighted by Crippen LogP contribution is 2.26. The van der Waals surface area contributed by atoms with Crippen LogP contribution in [-0.2, 0) is 0 Å². The van der Waals surface area contributed by atoms with Crippen LogP contribution in [0.15, 0.2) is 48.1 Å². The first-order chi connectivity index (χ1) is 13.0. The van der Waals surface area contributed by atoms with Crippen molar-refractivity contribution in [2.24, 2.45) is 22.5 Å². The largest absolute Gasteiger partial charge is 0.404 e. The summed E-state index contributed by atoms with van der Waals surface area (Å²) in [5.74, 6) is 1.47. The minimum atomic E-state index is 0.294. The second kappa shape index (κ2) is 8.49. The van der Waals surface area contributed by atoms with Crippen molar-refractivity contribution < 1.29 is 0 Å². The molecule has 144 valence electrons. The lowest BCUT2D eigenvalue weighted by molar-refractivity contribution is 0.786. The molecule has 3 heterocycles. The van der Waals surface area contributed by atoms with Crippen molar-refractivity contribution in [1.82, 2.24) is 9.97 Å². The van der Waals surface area contributed by atoms with Crippen LogP contribution in [0.4, 0.5) is 11.5 Å². The number of aromatic nitrogens is 2. The lowest BCUT2D eigenvalue weighted by atomic mass is 10.0. The molecular weight excluding hydrogens is 358 g/mol. The van der Waals surface area contributed by atoms with Gasteiger partial charge in [0.25, 0.3) is 0 Å². The molecule has 2 aromatic heterocycles. The number of nitrogens with zero attached hydrogens (tertiary/aromatic N) is 3. The quantitative estimate of drug-likeness (QED) is 0.442. The number of nitrogens with two attached hydrogens (primary N) is 3. The van der Waals surface area contributed by atoms with Gasteiger partial charge >= 0.3 is 0 Å². The molecule has 7 N–H and O–H groups in total. The number of nitrogens with one attached hydrogen (secondary N) is 1. The lowest BCUT2D eigenvalue weighted by Gasteiger charge is -2.18.